The first-order valence-corrected chi connectivity index (χ1v) is 15.3. The molecule has 4 nitrogen and oxygen atoms in total. The van der Waals surface area contributed by atoms with Crippen LogP contribution in [0.25, 0.3) is 12.2 Å². The third-order valence-corrected chi connectivity index (χ3v) is 6.49. The molecule has 0 saturated heterocycles. The Morgan fingerprint density at radius 3 is 1.80 bits per heavy atom. The van der Waals surface area contributed by atoms with Gasteiger partial charge in [-0.15, -0.1) is 0 Å². The van der Waals surface area contributed by atoms with Crippen LogP contribution in [-0.4, -0.2) is 76.8 Å². The number of hydrogen-bond donors (Lipinski definition) is 3. The molecule has 0 saturated carbocycles. The second-order valence-electron chi connectivity index (χ2n) is 9.80. The van der Waals surface area contributed by atoms with Crippen LogP contribution in [0, 0.1) is 0 Å². The van der Waals surface area contributed by atoms with Crippen LogP contribution >= 0.6 is 25.3 Å². The molecule has 220 valence electrons. The molecule has 2 aromatic rings. The Kier molecular flexibility index (Phi) is 18.8. The van der Waals surface area contributed by atoms with Gasteiger partial charge in [0.25, 0.3) is 0 Å². The van der Waals surface area contributed by atoms with Crippen molar-refractivity contribution >= 4 is 61.2 Å². The summed E-state index contributed by atoms with van der Waals surface area (Å²) in [6.45, 7) is 7.82. The molecular weight excluding hydrogens is 541 g/mol. The molecule has 0 bridgehead atoms. The highest BCUT2D eigenvalue weighted by Gasteiger charge is 1.96. The lowest BCUT2D eigenvalue weighted by Gasteiger charge is -2.11. The van der Waals surface area contributed by atoms with E-state index >= 15 is 0 Å². The third kappa shape index (κ3) is 16.0. The van der Waals surface area contributed by atoms with Crippen LogP contribution in [-0.2, 0) is 0 Å². The maximum atomic E-state index is 4.24. The van der Waals surface area contributed by atoms with Gasteiger partial charge in [0.2, 0.25) is 0 Å². The van der Waals surface area contributed by atoms with Gasteiger partial charge in [-0.1, -0.05) is 68.1 Å². The van der Waals surface area contributed by atoms with Gasteiger partial charge in [-0.05, 0) is 53.0 Å². The Morgan fingerprint density at radius 1 is 0.829 bits per heavy atom. The number of thiol groups is 2. The summed E-state index contributed by atoms with van der Waals surface area (Å²) in [4.78, 5) is 7.35. The van der Waals surface area contributed by atoms with Gasteiger partial charge < -0.3 is 9.80 Å². The zero-order valence-corrected chi connectivity index (χ0v) is 27.6. The second kappa shape index (κ2) is 21.5. The van der Waals surface area contributed by atoms with Gasteiger partial charge in [0.05, 0.1) is 0 Å². The van der Waals surface area contributed by atoms with E-state index in [1.807, 2.05) is 32.5 Å². The fourth-order valence-electron chi connectivity index (χ4n) is 3.40. The average molecular weight is 591 g/mol. The predicted octanol–water partition coefficient (Wildman–Crippen LogP) is 5.70. The fraction of sp³-hybridized carbons (Fsp3) is 0.314. The van der Waals surface area contributed by atoms with Crippen LogP contribution in [0.4, 0.5) is 11.4 Å². The van der Waals surface area contributed by atoms with Gasteiger partial charge in [-0.2, -0.15) is 25.3 Å². The number of nitrogens with zero attached hydrogens (tertiary/aromatic N) is 3. The lowest BCUT2D eigenvalue weighted by Crippen LogP contribution is -2.69. The van der Waals surface area contributed by atoms with Crippen molar-refractivity contribution in [2.24, 2.45) is 0 Å². The summed E-state index contributed by atoms with van der Waals surface area (Å²) in [5.41, 5.74) is 7.20. The van der Waals surface area contributed by atoms with Crippen molar-refractivity contribution in [3.8, 4) is 0 Å². The van der Waals surface area contributed by atoms with Crippen molar-refractivity contribution in [1.82, 2.24) is 0 Å². The van der Waals surface area contributed by atoms with E-state index in [4.69, 9.17) is 0 Å². The van der Waals surface area contributed by atoms with E-state index in [1.165, 1.54) is 28.1 Å². The van der Waals surface area contributed by atoms with Gasteiger partial charge in [0.1, 0.15) is 13.6 Å². The maximum absolute atomic E-state index is 4.24. The second-order valence-corrected chi connectivity index (χ2v) is 10.7. The van der Waals surface area contributed by atoms with E-state index in [1.54, 1.807) is 0 Å². The molecule has 0 radical (unpaired) electrons. The summed E-state index contributed by atoms with van der Waals surface area (Å²) in [5, 5.41) is 0. The molecule has 0 atom stereocenters. The Hall–Kier alpha value is -3.22. The molecule has 0 amide bonds. The van der Waals surface area contributed by atoms with Crippen LogP contribution in [0.2, 0.25) is 0 Å². The van der Waals surface area contributed by atoms with E-state index < -0.39 is 0 Å². The zero-order valence-electron chi connectivity index (χ0n) is 25.8. The van der Waals surface area contributed by atoms with Gasteiger partial charge in [-0.3, -0.25) is 0 Å². The molecule has 2 rings (SSSR count). The topological polar surface area (TPSA) is 23.5 Å². The van der Waals surface area contributed by atoms with Gasteiger partial charge in [-0.25, -0.2) is 9.57 Å². The Labute approximate surface area is 260 Å². The van der Waals surface area contributed by atoms with Crippen LogP contribution in [0.3, 0.4) is 0 Å². The van der Waals surface area contributed by atoms with Crippen LogP contribution < -0.4 is 14.8 Å². The number of allylic oxidation sites excluding steroid dienone is 7. The van der Waals surface area contributed by atoms with Crippen molar-refractivity contribution in [3.05, 3.63) is 108 Å². The van der Waals surface area contributed by atoms with Crippen molar-refractivity contribution in [3.63, 3.8) is 0 Å². The van der Waals surface area contributed by atoms with Crippen molar-refractivity contribution in [2.45, 2.75) is 13.3 Å². The minimum absolute atomic E-state index is 0.821. The monoisotopic (exact) mass is 590 g/mol. The molecule has 0 fully saturated rings. The average Bonchev–Trinajstić information content (AvgIpc) is 2.98. The van der Waals surface area contributed by atoms with E-state index in [0.717, 1.165) is 36.6 Å². The SMILES string of the molecule is C=CC(/C=C/c1ccc(N(C)C)cc1)=C\C=[NH+]CCS.CCC(/C=C/c1ccc(N(C)C)cc1)=C\C=[N+](C)CCS. The fourth-order valence-corrected chi connectivity index (χ4v) is 3.85. The molecule has 0 heterocycles. The number of benzene rings is 2. The van der Waals surface area contributed by atoms with Gasteiger partial charge in [0, 0.05) is 63.2 Å². The highest BCUT2D eigenvalue weighted by molar-refractivity contribution is 7.80. The first kappa shape index (κ1) is 35.8. The first-order valence-electron chi connectivity index (χ1n) is 14.0. The van der Waals surface area contributed by atoms with Crippen LogP contribution in [0.15, 0.2) is 96.6 Å². The number of rotatable bonds is 14. The Bertz CT molecular complexity index is 1200. The standard InChI is InChI=1S/C18H26N2S.C17H22N2S/c1-5-16(12-13-20(4)14-15-21)6-7-17-8-10-18(11-9-17)19(2)3;1-4-15(11-12-18-13-14-20)5-6-16-7-9-17(10-8-16)19(2)3/h6-13H,5,14-15H2,1-4H3;4-12,20H,1,13-14H2,2-3H3/p+2/b;6-5+,15-11+,18-12?. The molecule has 0 aliphatic heterocycles. The van der Waals surface area contributed by atoms with Crippen molar-refractivity contribution < 1.29 is 9.57 Å². The highest BCUT2D eigenvalue weighted by atomic mass is 32.1. The summed E-state index contributed by atoms with van der Waals surface area (Å²) in [5.74, 6) is 1.69. The molecule has 0 aliphatic rings. The predicted molar refractivity (Wildman–Crippen MR) is 193 cm³/mol. The zero-order chi connectivity index (χ0) is 30.5. The maximum Gasteiger partial charge on any atom is 0.163 e. The molecule has 0 spiro atoms. The van der Waals surface area contributed by atoms with Gasteiger partial charge >= 0.3 is 0 Å². The van der Waals surface area contributed by atoms with E-state index in [9.17, 15) is 0 Å². The van der Waals surface area contributed by atoms with Crippen molar-refractivity contribution in [2.75, 3.05) is 69.6 Å². The van der Waals surface area contributed by atoms with Gasteiger partial charge in [0.15, 0.2) is 19.0 Å². The largest absolute Gasteiger partial charge is 0.378 e. The summed E-state index contributed by atoms with van der Waals surface area (Å²) in [7, 11) is 10.3. The summed E-state index contributed by atoms with van der Waals surface area (Å²) in [6.07, 6.45) is 19.6. The molecule has 41 heavy (non-hydrogen) atoms. The summed E-state index contributed by atoms with van der Waals surface area (Å²) < 4.78 is 2.16. The molecule has 6 heteroatoms. The molecular formula is C35H50N4S2+2. The normalized spacial score (nSPS) is 12.6. The highest BCUT2D eigenvalue weighted by Crippen LogP contribution is 2.15. The first-order chi connectivity index (χ1) is 19.7. The molecule has 2 aromatic carbocycles. The number of anilines is 2. The molecule has 0 aliphatic carbocycles. The minimum atomic E-state index is 0.821. The number of nitrogens with one attached hydrogen (secondary N) is 1. The Morgan fingerprint density at radius 2 is 1.37 bits per heavy atom. The van der Waals surface area contributed by atoms with Crippen molar-refractivity contribution in [1.29, 1.82) is 0 Å². The van der Waals surface area contributed by atoms with Crippen LogP contribution in [0.5, 0.6) is 0 Å². The molecule has 0 aromatic heterocycles. The molecule has 0 unspecified atom stereocenters. The summed E-state index contributed by atoms with van der Waals surface area (Å²) in [6, 6.07) is 17.0. The molecule has 1 N–H and O–H groups in total. The Balaban J connectivity index is 0.000000410. The van der Waals surface area contributed by atoms with E-state index in [-0.39, 0.29) is 0 Å². The third-order valence-electron chi connectivity index (χ3n) is 6.07. The summed E-state index contributed by atoms with van der Waals surface area (Å²) >= 11 is 8.38. The quantitative estimate of drug-likeness (QED) is 0.114. The lowest BCUT2D eigenvalue weighted by atomic mass is 10.1. The van der Waals surface area contributed by atoms with E-state index in [0.29, 0.717) is 0 Å². The van der Waals surface area contributed by atoms with E-state index in [2.05, 4.69) is 164 Å². The smallest absolute Gasteiger partial charge is 0.163 e. The van der Waals surface area contributed by atoms with Crippen LogP contribution in [0.1, 0.15) is 24.5 Å². The number of hydrogen-bond acceptors (Lipinski definition) is 4. The lowest BCUT2D eigenvalue weighted by molar-refractivity contribution is -0.486. The minimum Gasteiger partial charge on any atom is -0.378 e.